The predicted octanol–water partition coefficient (Wildman–Crippen LogP) is 1.70. The van der Waals surface area contributed by atoms with E-state index in [1.165, 1.54) is 6.07 Å². The topological polar surface area (TPSA) is 99.2 Å². The molecular weight excluding hydrogens is 288 g/mol. The molecule has 0 aromatic heterocycles. The van der Waals surface area contributed by atoms with Crippen LogP contribution in [0.4, 0.5) is 11.4 Å². The number of sulfonamides is 1. The molecule has 116 valence electrons. The summed E-state index contributed by atoms with van der Waals surface area (Å²) in [6.45, 7) is 6.50. The number of nitrogens with one attached hydrogen (secondary N) is 1. The van der Waals surface area contributed by atoms with Gasteiger partial charge in [0.25, 0.3) is 0 Å². The highest BCUT2D eigenvalue weighted by Gasteiger charge is 2.18. The molecule has 1 rings (SSSR count). The van der Waals surface area contributed by atoms with Crippen molar-refractivity contribution in [3.8, 4) is 6.07 Å². The van der Waals surface area contributed by atoms with Crippen molar-refractivity contribution in [2.75, 3.05) is 23.7 Å². The molecule has 1 aromatic rings. The lowest BCUT2D eigenvalue weighted by Gasteiger charge is -2.29. The van der Waals surface area contributed by atoms with Gasteiger partial charge in [0, 0.05) is 19.1 Å². The van der Waals surface area contributed by atoms with Gasteiger partial charge in [0.05, 0.1) is 28.8 Å². The van der Waals surface area contributed by atoms with Gasteiger partial charge in [-0.1, -0.05) is 6.92 Å². The average molecular weight is 310 g/mol. The van der Waals surface area contributed by atoms with Crippen molar-refractivity contribution >= 4 is 21.4 Å². The van der Waals surface area contributed by atoms with Crippen LogP contribution in [-0.2, 0) is 10.0 Å². The quantitative estimate of drug-likeness (QED) is 0.747. The highest BCUT2D eigenvalue weighted by atomic mass is 32.2. The van der Waals surface area contributed by atoms with E-state index in [1.807, 2.05) is 18.7 Å². The molecule has 0 atom stereocenters. The van der Waals surface area contributed by atoms with Crippen LogP contribution in [0.2, 0.25) is 0 Å². The van der Waals surface area contributed by atoms with Crippen molar-refractivity contribution in [3.63, 3.8) is 0 Å². The largest absolute Gasteiger partial charge is 0.397 e. The predicted molar refractivity (Wildman–Crippen MR) is 84.4 cm³/mol. The van der Waals surface area contributed by atoms with Crippen molar-refractivity contribution in [1.82, 2.24) is 4.72 Å². The van der Waals surface area contributed by atoms with Crippen molar-refractivity contribution in [2.24, 2.45) is 0 Å². The summed E-state index contributed by atoms with van der Waals surface area (Å²) in [6, 6.07) is 6.83. The average Bonchev–Trinajstić information content (AvgIpc) is 2.40. The zero-order chi connectivity index (χ0) is 16.0. The third-order valence-electron chi connectivity index (χ3n) is 3.04. The van der Waals surface area contributed by atoms with Gasteiger partial charge in [0.2, 0.25) is 10.0 Å². The molecule has 0 amide bonds. The van der Waals surface area contributed by atoms with E-state index in [2.05, 4.69) is 10.8 Å². The van der Waals surface area contributed by atoms with Gasteiger partial charge >= 0.3 is 0 Å². The summed E-state index contributed by atoms with van der Waals surface area (Å²) in [7, 11) is -3.53. The number of hydrogen-bond acceptors (Lipinski definition) is 5. The second-order valence-electron chi connectivity index (χ2n) is 4.92. The van der Waals surface area contributed by atoms with E-state index in [9.17, 15) is 8.42 Å². The van der Waals surface area contributed by atoms with Crippen LogP contribution in [-0.4, -0.2) is 27.5 Å². The number of rotatable bonds is 7. The van der Waals surface area contributed by atoms with Gasteiger partial charge in [-0.15, -0.1) is 0 Å². The summed E-state index contributed by atoms with van der Waals surface area (Å²) in [4.78, 5) is 2.11. The Morgan fingerprint density at radius 2 is 2.10 bits per heavy atom. The molecule has 0 saturated carbocycles. The maximum Gasteiger partial charge on any atom is 0.240 e. The standard InChI is InChI=1S/C14H22N4O2S/c1-4-17-21(19,20)12-6-7-13(16)14(10-12)18(11(2)3)9-5-8-15/h6-7,10-11,17H,4-5,9,16H2,1-3H3. The summed E-state index contributed by atoms with van der Waals surface area (Å²) in [5, 5.41) is 8.75. The van der Waals surface area contributed by atoms with Crippen LogP contribution in [0.1, 0.15) is 27.2 Å². The normalized spacial score (nSPS) is 11.4. The Hall–Kier alpha value is -1.78. The van der Waals surface area contributed by atoms with Gasteiger partial charge in [-0.25, -0.2) is 13.1 Å². The first-order chi connectivity index (χ1) is 9.83. The number of nitriles is 1. The molecule has 6 nitrogen and oxygen atoms in total. The molecule has 3 N–H and O–H groups in total. The van der Waals surface area contributed by atoms with Crippen molar-refractivity contribution in [2.45, 2.75) is 38.1 Å². The maximum absolute atomic E-state index is 12.1. The second kappa shape index (κ2) is 7.29. The van der Waals surface area contributed by atoms with Crippen molar-refractivity contribution in [1.29, 1.82) is 5.26 Å². The van der Waals surface area contributed by atoms with Gasteiger partial charge in [0.1, 0.15) is 0 Å². The number of nitrogens with zero attached hydrogens (tertiary/aromatic N) is 2. The molecule has 0 bridgehead atoms. The monoisotopic (exact) mass is 310 g/mol. The lowest BCUT2D eigenvalue weighted by molar-refractivity contribution is 0.583. The lowest BCUT2D eigenvalue weighted by Crippen LogP contribution is -2.32. The van der Waals surface area contributed by atoms with E-state index in [1.54, 1.807) is 19.1 Å². The van der Waals surface area contributed by atoms with E-state index in [0.29, 0.717) is 30.9 Å². The second-order valence-corrected chi connectivity index (χ2v) is 6.68. The summed E-state index contributed by atoms with van der Waals surface area (Å²) >= 11 is 0. The molecule has 21 heavy (non-hydrogen) atoms. The summed E-state index contributed by atoms with van der Waals surface area (Å²) in [5.74, 6) is 0. The van der Waals surface area contributed by atoms with Crippen LogP contribution < -0.4 is 15.4 Å². The first kappa shape index (κ1) is 17.3. The highest BCUT2D eigenvalue weighted by molar-refractivity contribution is 7.89. The molecule has 0 saturated heterocycles. The van der Waals surface area contributed by atoms with Gasteiger partial charge in [-0.05, 0) is 32.0 Å². The Kier molecular flexibility index (Phi) is 6.00. The Bertz CT molecular complexity index is 620. The molecular formula is C14H22N4O2S. The lowest BCUT2D eigenvalue weighted by atomic mass is 10.2. The Morgan fingerprint density at radius 3 is 2.62 bits per heavy atom. The fourth-order valence-corrected chi connectivity index (χ4v) is 3.10. The number of benzene rings is 1. The summed E-state index contributed by atoms with van der Waals surface area (Å²) in [6.07, 6.45) is 0.349. The van der Waals surface area contributed by atoms with Crippen LogP contribution in [0.5, 0.6) is 0 Å². The minimum atomic E-state index is -3.53. The van der Waals surface area contributed by atoms with E-state index in [-0.39, 0.29) is 10.9 Å². The fourth-order valence-electron chi connectivity index (χ4n) is 2.04. The first-order valence-electron chi connectivity index (χ1n) is 6.86. The molecule has 0 heterocycles. The van der Waals surface area contributed by atoms with Crippen LogP contribution >= 0.6 is 0 Å². The Morgan fingerprint density at radius 1 is 1.43 bits per heavy atom. The van der Waals surface area contributed by atoms with Crippen LogP contribution in [0.3, 0.4) is 0 Å². The summed E-state index contributed by atoms with van der Waals surface area (Å²) < 4.78 is 26.6. The molecule has 0 unspecified atom stereocenters. The van der Waals surface area contributed by atoms with E-state index >= 15 is 0 Å². The SMILES string of the molecule is CCNS(=O)(=O)c1ccc(N)c(N(CCC#N)C(C)C)c1. The third-order valence-corrected chi connectivity index (χ3v) is 4.59. The van der Waals surface area contributed by atoms with Gasteiger partial charge in [-0.3, -0.25) is 0 Å². The number of hydrogen-bond donors (Lipinski definition) is 2. The molecule has 7 heteroatoms. The van der Waals surface area contributed by atoms with Crippen LogP contribution in [0.15, 0.2) is 23.1 Å². The van der Waals surface area contributed by atoms with E-state index < -0.39 is 10.0 Å². The molecule has 0 radical (unpaired) electrons. The molecule has 1 aromatic carbocycles. The van der Waals surface area contributed by atoms with Gasteiger partial charge < -0.3 is 10.6 Å². The smallest absolute Gasteiger partial charge is 0.240 e. The first-order valence-corrected chi connectivity index (χ1v) is 8.34. The molecule has 0 fully saturated rings. The highest BCUT2D eigenvalue weighted by Crippen LogP contribution is 2.28. The fraction of sp³-hybridized carbons (Fsp3) is 0.500. The van der Waals surface area contributed by atoms with Crippen LogP contribution in [0, 0.1) is 11.3 Å². The van der Waals surface area contributed by atoms with Crippen molar-refractivity contribution in [3.05, 3.63) is 18.2 Å². The number of nitrogen functional groups attached to an aromatic ring is 1. The minimum Gasteiger partial charge on any atom is -0.397 e. The molecule has 0 aliphatic rings. The van der Waals surface area contributed by atoms with Crippen LogP contribution in [0.25, 0.3) is 0 Å². The molecule has 0 aliphatic carbocycles. The molecule has 0 spiro atoms. The zero-order valence-corrected chi connectivity index (χ0v) is 13.4. The van der Waals surface area contributed by atoms with E-state index in [4.69, 9.17) is 11.0 Å². The maximum atomic E-state index is 12.1. The third kappa shape index (κ3) is 4.34. The number of nitrogens with two attached hydrogens (primary N) is 1. The van der Waals surface area contributed by atoms with Crippen molar-refractivity contribution < 1.29 is 8.42 Å². The van der Waals surface area contributed by atoms with E-state index in [0.717, 1.165) is 0 Å². The Balaban J connectivity index is 3.26. The number of anilines is 2. The zero-order valence-electron chi connectivity index (χ0n) is 12.6. The minimum absolute atomic E-state index is 0.109. The van der Waals surface area contributed by atoms with Gasteiger partial charge in [0.15, 0.2) is 0 Å². The van der Waals surface area contributed by atoms with Gasteiger partial charge in [-0.2, -0.15) is 5.26 Å². The Labute approximate surface area is 126 Å². The molecule has 0 aliphatic heterocycles. The summed E-state index contributed by atoms with van der Waals surface area (Å²) in [5.41, 5.74) is 7.11.